The topological polar surface area (TPSA) is 46.9 Å². The molecule has 1 N–H and O–H groups in total. The van der Waals surface area contributed by atoms with Gasteiger partial charge in [-0.05, 0) is 24.6 Å². The summed E-state index contributed by atoms with van der Waals surface area (Å²) in [4.78, 5) is 16.2. The molecule has 20 heavy (non-hydrogen) atoms. The van der Waals surface area contributed by atoms with E-state index in [9.17, 15) is 4.79 Å². The van der Waals surface area contributed by atoms with Crippen molar-refractivity contribution in [1.82, 2.24) is 14.9 Å². The Balaban J connectivity index is 2.19. The van der Waals surface area contributed by atoms with E-state index in [0.717, 1.165) is 34.3 Å². The molecule has 0 radical (unpaired) electrons. The van der Waals surface area contributed by atoms with Gasteiger partial charge in [0.05, 0.1) is 16.9 Å². The number of benzene rings is 1. The van der Waals surface area contributed by atoms with Crippen molar-refractivity contribution >= 4 is 44.5 Å². The maximum absolute atomic E-state index is 11.7. The molecular formula is C14H17BrClN3O. The predicted molar refractivity (Wildman–Crippen MR) is 84.9 cm³/mol. The van der Waals surface area contributed by atoms with Crippen LogP contribution < -0.4 is 5.32 Å². The van der Waals surface area contributed by atoms with Gasteiger partial charge >= 0.3 is 0 Å². The molecule has 1 aromatic heterocycles. The van der Waals surface area contributed by atoms with Crippen molar-refractivity contribution in [2.24, 2.45) is 0 Å². The van der Waals surface area contributed by atoms with Crippen LogP contribution in [0.25, 0.3) is 11.0 Å². The Bertz CT molecular complexity index is 612. The van der Waals surface area contributed by atoms with E-state index in [1.807, 2.05) is 29.7 Å². The van der Waals surface area contributed by atoms with Crippen molar-refractivity contribution in [2.75, 3.05) is 6.54 Å². The summed E-state index contributed by atoms with van der Waals surface area (Å²) in [6, 6.07) is 5.90. The first-order valence-electron chi connectivity index (χ1n) is 6.63. The minimum Gasteiger partial charge on any atom is -0.356 e. The Morgan fingerprint density at radius 3 is 3.00 bits per heavy atom. The maximum atomic E-state index is 11.7. The number of imidazole rings is 1. The van der Waals surface area contributed by atoms with Crippen LogP contribution >= 0.6 is 27.5 Å². The van der Waals surface area contributed by atoms with Gasteiger partial charge in [-0.15, -0.1) is 11.6 Å². The third-order valence-corrected chi connectivity index (χ3v) is 3.78. The number of carbonyl (C=O) groups is 1. The summed E-state index contributed by atoms with van der Waals surface area (Å²) >= 11 is 9.41. The fraction of sp³-hybridized carbons (Fsp3) is 0.429. The molecule has 0 aliphatic rings. The highest BCUT2D eigenvalue weighted by atomic mass is 79.9. The molecule has 108 valence electrons. The average Bonchev–Trinajstić information content (AvgIpc) is 2.79. The molecule has 0 aliphatic carbocycles. The van der Waals surface area contributed by atoms with E-state index in [1.54, 1.807) is 0 Å². The van der Waals surface area contributed by atoms with Gasteiger partial charge in [0, 0.05) is 24.0 Å². The van der Waals surface area contributed by atoms with Gasteiger partial charge in [-0.3, -0.25) is 4.79 Å². The number of amides is 1. The molecule has 0 saturated carbocycles. The summed E-state index contributed by atoms with van der Waals surface area (Å²) in [5.41, 5.74) is 1.90. The Hall–Kier alpha value is -1.07. The van der Waals surface area contributed by atoms with E-state index in [2.05, 4.69) is 26.2 Å². The molecule has 2 rings (SSSR count). The number of aromatic nitrogens is 2. The molecule has 0 bridgehead atoms. The lowest BCUT2D eigenvalue weighted by atomic mass is 10.3. The fourth-order valence-corrected chi connectivity index (χ4v) is 2.62. The lowest BCUT2D eigenvalue weighted by Crippen LogP contribution is -2.25. The number of nitrogens with one attached hydrogen (secondary N) is 1. The van der Waals surface area contributed by atoms with E-state index < -0.39 is 0 Å². The Morgan fingerprint density at radius 1 is 1.50 bits per heavy atom. The number of nitrogens with zero attached hydrogens (tertiary/aromatic N) is 2. The number of hydrogen-bond donors (Lipinski definition) is 1. The lowest BCUT2D eigenvalue weighted by Gasteiger charge is -2.08. The highest BCUT2D eigenvalue weighted by Gasteiger charge is 2.11. The van der Waals surface area contributed by atoms with Crippen LogP contribution in [0.1, 0.15) is 25.6 Å². The Labute approximate surface area is 131 Å². The molecule has 2 aromatic rings. The van der Waals surface area contributed by atoms with Gasteiger partial charge in [0.25, 0.3) is 0 Å². The van der Waals surface area contributed by atoms with Crippen LogP contribution in [0.5, 0.6) is 0 Å². The maximum Gasteiger partial charge on any atom is 0.221 e. The van der Waals surface area contributed by atoms with Crippen LogP contribution in [-0.2, 0) is 17.2 Å². The minimum atomic E-state index is 0.0595. The fourth-order valence-electron chi connectivity index (χ4n) is 2.06. The van der Waals surface area contributed by atoms with Crippen molar-refractivity contribution in [3.63, 3.8) is 0 Å². The molecule has 0 saturated heterocycles. The second kappa shape index (κ2) is 7.09. The first-order valence-corrected chi connectivity index (χ1v) is 7.95. The smallest absolute Gasteiger partial charge is 0.221 e. The van der Waals surface area contributed by atoms with Gasteiger partial charge in [0.15, 0.2) is 0 Å². The molecule has 0 atom stereocenters. The second-order valence-corrected chi connectivity index (χ2v) is 5.73. The molecule has 0 fully saturated rings. The summed E-state index contributed by atoms with van der Waals surface area (Å²) in [7, 11) is 0. The van der Waals surface area contributed by atoms with Crippen molar-refractivity contribution in [2.45, 2.75) is 32.2 Å². The first-order chi connectivity index (χ1) is 9.65. The van der Waals surface area contributed by atoms with E-state index >= 15 is 0 Å². The van der Waals surface area contributed by atoms with E-state index in [1.165, 1.54) is 0 Å². The number of fused-ring (bicyclic) bond motifs is 1. The first kappa shape index (κ1) is 15.3. The highest BCUT2D eigenvalue weighted by Crippen LogP contribution is 2.22. The lowest BCUT2D eigenvalue weighted by molar-refractivity contribution is -0.121. The zero-order valence-electron chi connectivity index (χ0n) is 11.3. The Kier molecular flexibility index (Phi) is 5.43. The molecular weight excluding hydrogens is 342 g/mol. The van der Waals surface area contributed by atoms with Crippen LogP contribution in [0.2, 0.25) is 0 Å². The zero-order valence-corrected chi connectivity index (χ0v) is 13.7. The molecule has 1 aromatic carbocycles. The van der Waals surface area contributed by atoms with Crippen LogP contribution in [0.3, 0.4) is 0 Å². The SMILES string of the molecule is CCCNC(=O)CCn1c(CCl)nc2ccc(Br)cc21. The van der Waals surface area contributed by atoms with Crippen molar-refractivity contribution in [1.29, 1.82) is 0 Å². The van der Waals surface area contributed by atoms with Gasteiger partial charge in [0.2, 0.25) is 5.91 Å². The third kappa shape index (κ3) is 3.52. The summed E-state index contributed by atoms with van der Waals surface area (Å²) < 4.78 is 3.00. The van der Waals surface area contributed by atoms with Gasteiger partial charge in [-0.25, -0.2) is 4.98 Å². The number of aryl methyl sites for hydroxylation is 1. The highest BCUT2D eigenvalue weighted by molar-refractivity contribution is 9.10. The molecule has 1 heterocycles. The largest absolute Gasteiger partial charge is 0.356 e. The van der Waals surface area contributed by atoms with Crippen molar-refractivity contribution < 1.29 is 4.79 Å². The molecule has 4 nitrogen and oxygen atoms in total. The summed E-state index contributed by atoms with van der Waals surface area (Å²) in [6.07, 6.45) is 1.38. The Morgan fingerprint density at radius 2 is 2.30 bits per heavy atom. The zero-order chi connectivity index (χ0) is 14.5. The number of alkyl halides is 1. The molecule has 6 heteroatoms. The minimum absolute atomic E-state index is 0.0595. The predicted octanol–water partition coefficient (Wildman–Crippen LogP) is 3.45. The summed E-state index contributed by atoms with van der Waals surface area (Å²) in [5, 5.41) is 2.88. The third-order valence-electron chi connectivity index (χ3n) is 3.04. The van der Waals surface area contributed by atoms with Gasteiger partial charge in [-0.1, -0.05) is 22.9 Å². The molecule has 0 spiro atoms. The normalized spacial score (nSPS) is 10.9. The van der Waals surface area contributed by atoms with Crippen LogP contribution in [0.4, 0.5) is 0 Å². The van der Waals surface area contributed by atoms with Gasteiger partial charge < -0.3 is 9.88 Å². The molecule has 0 aliphatic heterocycles. The van der Waals surface area contributed by atoms with Crippen molar-refractivity contribution in [3.8, 4) is 0 Å². The summed E-state index contributed by atoms with van der Waals surface area (Å²) in [6.45, 7) is 3.34. The summed E-state index contributed by atoms with van der Waals surface area (Å²) in [5.74, 6) is 1.19. The van der Waals surface area contributed by atoms with Crippen LogP contribution in [0, 0.1) is 0 Å². The number of halogens is 2. The monoisotopic (exact) mass is 357 g/mol. The number of carbonyl (C=O) groups excluding carboxylic acids is 1. The van der Waals surface area contributed by atoms with Gasteiger partial charge in [0.1, 0.15) is 5.82 Å². The average molecular weight is 359 g/mol. The quantitative estimate of drug-likeness (QED) is 0.804. The van der Waals surface area contributed by atoms with Crippen molar-refractivity contribution in [3.05, 3.63) is 28.5 Å². The van der Waals surface area contributed by atoms with Gasteiger partial charge in [-0.2, -0.15) is 0 Å². The standard InChI is InChI=1S/C14H17BrClN3O/c1-2-6-17-14(20)5-7-19-12-8-10(15)3-4-11(12)18-13(19)9-16/h3-4,8H,2,5-7,9H2,1H3,(H,17,20). The molecule has 0 unspecified atom stereocenters. The van der Waals surface area contributed by atoms with Crippen LogP contribution in [-0.4, -0.2) is 22.0 Å². The second-order valence-electron chi connectivity index (χ2n) is 4.55. The molecule has 1 amide bonds. The number of rotatable bonds is 6. The van der Waals surface area contributed by atoms with Crippen LogP contribution in [0.15, 0.2) is 22.7 Å². The number of hydrogen-bond acceptors (Lipinski definition) is 2. The van der Waals surface area contributed by atoms with E-state index in [0.29, 0.717) is 18.8 Å². The van der Waals surface area contributed by atoms with E-state index in [4.69, 9.17) is 11.6 Å². The van der Waals surface area contributed by atoms with E-state index in [-0.39, 0.29) is 5.91 Å².